The molecule has 104 valence electrons. The van der Waals surface area contributed by atoms with Gasteiger partial charge in [0, 0.05) is 0 Å². The lowest BCUT2D eigenvalue weighted by molar-refractivity contribution is 0.302. The van der Waals surface area contributed by atoms with Gasteiger partial charge in [-0.05, 0) is 54.2 Å². The maximum Gasteiger partial charge on any atom is 0.488 e. The average molecular weight is 274 g/mol. The van der Waals surface area contributed by atoms with E-state index in [1.807, 2.05) is 13.8 Å². The summed E-state index contributed by atoms with van der Waals surface area (Å²) in [7, 11) is -1.49. The first-order valence-corrected chi connectivity index (χ1v) is 6.32. The predicted molar refractivity (Wildman–Crippen MR) is 76.5 cm³/mol. The van der Waals surface area contributed by atoms with Gasteiger partial charge < -0.3 is 14.8 Å². The molecule has 0 bridgehead atoms. The first-order valence-electron chi connectivity index (χ1n) is 6.32. The van der Waals surface area contributed by atoms with Gasteiger partial charge in [-0.1, -0.05) is 18.2 Å². The summed E-state index contributed by atoms with van der Waals surface area (Å²) in [5, 5.41) is 18.2. The normalized spacial score (nSPS) is 10.4. The summed E-state index contributed by atoms with van der Waals surface area (Å²) in [6, 6.07) is 9.51. The van der Waals surface area contributed by atoms with Gasteiger partial charge in [-0.15, -0.1) is 0 Å². The van der Waals surface area contributed by atoms with E-state index in [1.165, 1.54) is 12.1 Å². The standard InChI is InChI=1S/C15H16BFO3/c1-10-3-5-14(17)8-12(10)9-20-15-6-4-13(16(18)19)7-11(15)2/h3-8,18-19H,9H2,1-2H3. The van der Waals surface area contributed by atoms with Crippen molar-refractivity contribution in [3.05, 3.63) is 58.9 Å². The van der Waals surface area contributed by atoms with Gasteiger partial charge in [0.1, 0.15) is 18.2 Å². The van der Waals surface area contributed by atoms with Crippen LogP contribution in [0.2, 0.25) is 0 Å². The first kappa shape index (κ1) is 14.6. The van der Waals surface area contributed by atoms with E-state index in [2.05, 4.69) is 0 Å². The van der Waals surface area contributed by atoms with Crippen molar-refractivity contribution in [2.24, 2.45) is 0 Å². The summed E-state index contributed by atoms with van der Waals surface area (Å²) in [5.74, 6) is 0.350. The number of hydrogen-bond donors (Lipinski definition) is 2. The van der Waals surface area contributed by atoms with Crippen LogP contribution in [0.25, 0.3) is 0 Å². The summed E-state index contributed by atoms with van der Waals surface area (Å²) in [6.45, 7) is 3.99. The summed E-state index contributed by atoms with van der Waals surface area (Å²) >= 11 is 0. The SMILES string of the molecule is Cc1ccc(F)cc1COc1ccc(B(O)O)cc1C. The first-order chi connectivity index (χ1) is 9.47. The smallest absolute Gasteiger partial charge is 0.488 e. The second kappa shape index (κ2) is 6.07. The largest absolute Gasteiger partial charge is 0.489 e. The van der Waals surface area contributed by atoms with Gasteiger partial charge >= 0.3 is 7.12 Å². The zero-order valence-electron chi connectivity index (χ0n) is 11.4. The lowest BCUT2D eigenvalue weighted by Crippen LogP contribution is -2.29. The molecule has 5 heteroatoms. The number of halogens is 1. The molecule has 0 spiro atoms. The molecule has 0 saturated heterocycles. The predicted octanol–water partition coefficient (Wildman–Crippen LogP) is 1.70. The fourth-order valence-electron chi connectivity index (χ4n) is 1.95. The minimum Gasteiger partial charge on any atom is -0.489 e. The molecule has 0 aromatic heterocycles. The van der Waals surface area contributed by atoms with Crippen molar-refractivity contribution < 1.29 is 19.2 Å². The molecule has 0 heterocycles. The number of hydrogen-bond acceptors (Lipinski definition) is 3. The van der Waals surface area contributed by atoms with E-state index in [4.69, 9.17) is 14.8 Å². The molecule has 0 atom stereocenters. The number of benzene rings is 2. The van der Waals surface area contributed by atoms with Crippen molar-refractivity contribution in [3.8, 4) is 5.75 Å². The Balaban J connectivity index is 2.13. The van der Waals surface area contributed by atoms with Gasteiger partial charge in [0.25, 0.3) is 0 Å². The van der Waals surface area contributed by atoms with Gasteiger partial charge in [-0.2, -0.15) is 0 Å². The fraction of sp³-hybridized carbons (Fsp3) is 0.200. The van der Waals surface area contributed by atoms with Crippen LogP contribution in [0.5, 0.6) is 5.75 Å². The van der Waals surface area contributed by atoms with E-state index in [1.54, 1.807) is 24.3 Å². The Morgan fingerprint density at radius 2 is 1.80 bits per heavy atom. The molecular formula is C15H16BFO3. The maximum atomic E-state index is 13.2. The molecule has 0 aliphatic rings. The van der Waals surface area contributed by atoms with E-state index in [-0.39, 0.29) is 12.4 Å². The van der Waals surface area contributed by atoms with E-state index < -0.39 is 7.12 Å². The average Bonchev–Trinajstić information content (AvgIpc) is 2.40. The molecule has 0 radical (unpaired) electrons. The molecule has 0 fully saturated rings. The van der Waals surface area contributed by atoms with Crippen LogP contribution in [-0.4, -0.2) is 17.2 Å². The molecule has 2 N–H and O–H groups in total. The molecule has 0 aliphatic heterocycles. The fourth-order valence-corrected chi connectivity index (χ4v) is 1.95. The van der Waals surface area contributed by atoms with Crippen LogP contribution in [0, 0.1) is 19.7 Å². The summed E-state index contributed by atoms with van der Waals surface area (Å²) in [6.07, 6.45) is 0. The minimum atomic E-state index is -1.49. The van der Waals surface area contributed by atoms with E-state index >= 15 is 0 Å². The molecule has 2 aromatic rings. The minimum absolute atomic E-state index is 0.269. The maximum absolute atomic E-state index is 13.2. The monoisotopic (exact) mass is 274 g/mol. The van der Waals surface area contributed by atoms with Crippen LogP contribution >= 0.6 is 0 Å². The summed E-state index contributed by atoms with van der Waals surface area (Å²) in [5.41, 5.74) is 2.96. The molecule has 2 aromatic carbocycles. The van der Waals surface area contributed by atoms with Crippen LogP contribution in [0.15, 0.2) is 36.4 Å². The molecule has 20 heavy (non-hydrogen) atoms. The van der Waals surface area contributed by atoms with Gasteiger partial charge in [-0.3, -0.25) is 0 Å². The van der Waals surface area contributed by atoms with Crippen molar-refractivity contribution >= 4 is 12.6 Å². The van der Waals surface area contributed by atoms with E-state index in [0.29, 0.717) is 11.2 Å². The topological polar surface area (TPSA) is 49.7 Å². The third-order valence-corrected chi connectivity index (χ3v) is 3.19. The van der Waals surface area contributed by atoms with Crippen molar-refractivity contribution in [1.82, 2.24) is 0 Å². The molecule has 2 rings (SSSR count). The van der Waals surface area contributed by atoms with Gasteiger partial charge in [0.2, 0.25) is 0 Å². The van der Waals surface area contributed by atoms with Gasteiger partial charge in [0.15, 0.2) is 0 Å². The van der Waals surface area contributed by atoms with Crippen molar-refractivity contribution in [2.75, 3.05) is 0 Å². The van der Waals surface area contributed by atoms with E-state index in [0.717, 1.165) is 16.7 Å². The molecule has 3 nitrogen and oxygen atoms in total. The molecule has 0 unspecified atom stereocenters. The Hall–Kier alpha value is -1.85. The number of rotatable bonds is 4. The Morgan fingerprint density at radius 3 is 2.45 bits per heavy atom. The van der Waals surface area contributed by atoms with Crippen LogP contribution in [-0.2, 0) is 6.61 Å². The van der Waals surface area contributed by atoms with Crippen LogP contribution in [0.1, 0.15) is 16.7 Å². The molecular weight excluding hydrogens is 258 g/mol. The third kappa shape index (κ3) is 3.38. The van der Waals surface area contributed by atoms with Crippen LogP contribution in [0.4, 0.5) is 4.39 Å². The van der Waals surface area contributed by atoms with Crippen LogP contribution in [0.3, 0.4) is 0 Å². The second-order valence-electron chi connectivity index (χ2n) is 4.76. The Morgan fingerprint density at radius 1 is 1.05 bits per heavy atom. The Bertz CT molecular complexity index is 614. The second-order valence-corrected chi connectivity index (χ2v) is 4.76. The van der Waals surface area contributed by atoms with Crippen molar-refractivity contribution in [3.63, 3.8) is 0 Å². The Kier molecular flexibility index (Phi) is 4.42. The highest BCUT2D eigenvalue weighted by Gasteiger charge is 2.12. The summed E-state index contributed by atoms with van der Waals surface area (Å²) < 4.78 is 18.8. The van der Waals surface area contributed by atoms with Gasteiger partial charge in [-0.25, -0.2) is 4.39 Å². The third-order valence-electron chi connectivity index (χ3n) is 3.19. The quantitative estimate of drug-likeness (QED) is 0.834. The van der Waals surface area contributed by atoms with Crippen molar-refractivity contribution in [1.29, 1.82) is 0 Å². The lowest BCUT2D eigenvalue weighted by atomic mass is 9.79. The zero-order chi connectivity index (χ0) is 14.7. The zero-order valence-corrected chi connectivity index (χ0v) is 11.4. The number of ether oxygens (including phenoxy) is 1. The summed E-state index contributed by atoms with van der Waals surface area (Å²) in [4.78, 5) is 0. The van der Waals surface area contributed by atoms with Crippen molar-refractivity contribution in [2.45, 2.75) is 20.5 Å². The number of aryl methyl sites for hydroxylation is 2. The molecule has 0 saturated carbocycles. The lowest BCUT2D eigenvalue weighted by Gasteiger charge is -2.12. The van der Waals surface area contributed by atoms with E-state index in [9.17, 15) is 4.39 Å². The molecule has 0 amide bonds. The Labute approximate surface area is 117 Å². The molecule has 0 aliphatic carbocycles. The highest BCUT2D eigenvalue weighted by Crippen LogP contribution is 2.19. The van der Waals surface area contributed by atoms with Crippen LogP contribution < -0.4 is 10.2 Å². The van der Waals surface area contributed by atoms with Gasteiger partial charge in [0.05, 0.1) is 0 Å². The highest BCUT2D eigenvalue weighted by atomic mass is 19.1. The highest BCUT2D eigenvalue weighted by molar-refractivity contribution is 6.58.